The maximum absolute atomic E-state index is 12.3. The van der Waals surface area contributed by atoms with E-state index < -0.39 is 17.7 Å². The Morgan fingerprint density at radius 2 is 2.10 bits per heavy atom. The quantitative estimate of drug-likeness (QED) is 0.721. The molecule has 0 radical (unpaired) electrons. The van der Waals surface area contributed by atoms with Gasteiger partial charge in [0.2, 0.25) is 0 Å². The van der Waals surface area contributed by atoms with Crippen LogP contribution in [0.25, 0.3) is 0 Å². The van der Waals surface area contributed by atoms with E-state index in [2.05, 4.69) is 4.90 Å². The summed E-state index contributed by atoms with van der Waals surface area (Å²) in [5, 5.41) is 20.4. The van der Waals surface area contributed by atoms with E-state index in [4.69, 9.17) is 4.74 Å². The highest BCUT2D eigenvalue weighted by Crippen LogP contribution is 2.33. The summed E-state index contributed by atoms with van der Waals surface area (Å²) in [6, 6.07) is 0.529. The van der Waals surface area contributed by atoms with Crippen molar-refractivity contribution in [3.63, 3.8) is 0 Å². The molecule has 0 aromatic rings. The molecule has 0 aromatic carbocycles. The lowest BCUT2D eigenvalue weighted by atomic mass is 9.82. The Balaban J connectivity index is 1.93. The molecule has 0 saturated carbocycles. The molecule has 21 heavy (non-hydrogen) atoms. The van der Waals surface area contributed by atoms with Crippen LogP contribution in [0.15, 0.2) is 0 Å². The number of hydrogen-bond acceptors (Lipinski definition) is 5. The molecule has 0 unspecified atom stereocenters. The van der Waals surface area contributed by atoms with Crippen molar-refractivity contribution in [2.45, 2.75) is 64.2 Å². The predicted octanol–water partition coefficient (Wildman–Crippen LogP) is 1.17. The van der Waals surface area contributed by atoms with E-state index in [9.17, 15) is 15.0 Å². The molecule has 2 rings (SSSR count). The predicted molar refractivity (Wildman–Crippen MR) is 79.7 cm³/mol. The second-order valence-electron chi connectivity index (χ2n) is 6.70. The van der Waals surface area contributed by atoms with Crippen molar-refractivity contribution in [2.24, 2.45) is 11.8 Å². The van der Waals surface area contributed by atoms with E-state index in [-0.39, 0.29) is 5.92 Å². The van der Waals surface area contributed by atoms with Gasteiger partial charge in [-0.2, -0.15) is 0 Å². The zero-order valence-electron chi connectivity index (χ0n) is 13.4. The smallest absolute Gasteiger partial charge is 0.341 e. The number of carbonyl (C=O) groups excluding carboxylic acids is 1. The Kier molecular flexibility index (Phi) is 5.28. The van der Waals surface area contributed by atoms with Crippen molar-refractivity contribution >= 4 is 5.97 Å². The van der Waals surface area contributed by atoms with Gasteiger partial charge in [0.25, 0.3) is 0 Å². The van der Waals surface area contributed by atoms with Gasteiger partial charge in [-0.1, -0.05) is 20.3 Å². The summed E-state index contributed by atoms with van der Waals surface area (Å²) < 4.78 is 5.41. The third-order valence-electron chi connectivity index (χ3n) is 5.50. The third kappa shape index (κ3) is 3.10. The summed E-state index contributed by atoms with van der Waals surface area (Å²) in [5.41, 5.74) is -1.80. The SMILES string of the molecule is CC[C@H](C)[C@@](O)(C(=O)OC[C@@H]1CCN2CCC[C@@H]12)[C@H](C)O. The van der Waals surface area contributed by atoms with Crippen LogP contribution in [0.3, 0.4) is 0 Å². The Morgan fingerprint density at radius 1 is 1.38 bits per heavy atom. The number of esters is 1. The van der Waals surface area contributed by atoms with Crippen molar-refractivity contribution in [3.05, 3.63) is 0 Å². The summed E-state index contributed by atoms with van der Waals surface area (Å²) in [4.78, 5) is 14.8. The van der Waals surface area contributed by atoms with Gasteiger partial charge in [0.05, 0.1) is 12.7 Å². The first-order valence-electron chi connectivity index (χ1n) is 8.22. The highest BCUT2D eigenvalue weighted by molar-refractivity contribution is 5.80. The highest BCUT2D eigenvalue weighted by atomic mass is 16.6. The van der Waals surface area contributed by atoms with Gasteiger partial charge in [0.1, 0.15) is 0 Å². The molecule has 5 heteroatoms. The van der Waals surface area contributed by atoms with Gasteiger partial charge in [-0.3, -0.25) is 4.90 Å². The number of fused-ring (bicyclic) bond motifs is 1. The molecule has 0 bridgehead atoms. The molecule has 0 aliphatic carbocycles. The van der Waals surface area contributed by atoms with Crippen LogP contribution < -0.4 is 0 Å². The van der Waals surface area contributed by atoms with Crippen molar-refractivity contribution in [2.75, 3.05) is 19.7 Å². The minimum atomic E-state index is -1.80. The van der Waals surface area contributed by atoms with Crippen LogP contribution in [-0.2, 0) is 9.53 Å². The summed E-state index contributed by atoms with van der Waals surface area (Å²) in [6.07, 6.45) is 2.92. The van der Waals surface area contributed by atoms with Crippen LogP contribution in [0, 0.1) is 11.8 Å². The van der Waals surface area contributed by atoms with Crippen molar-refractivity contribution in [3.8, 4) is 0 Å². The van der Waals surface area contributed by atoms with Gasteiger partial charge in [-0.15, -0.1) is 0 Å². The lowest BCUT2D eigenvalue weighted by Crippen LogP contribution is -2.54. The molecule has 2 N–H and O–H groups in total. The van der Waals surface area contributed by atoms with Gasteiger partial charge in [-0.25, -0.2) is 4.79 Å². The third-order valence-corrected chi connectivity index (χ3v) is 5.50. The van der Waals surface area contributed by atoms with Crippen LogP contribution in [-0.4, -0.2) is 58.5 Å². The van der Waals surface area contributed by atoms with Crippen molar-refractivity contribution in [1.29, 1.82) is 0 Å². The molecule has 2 heterocycles. The minimum Gasteiger partial charge on any atom is -0.463 e. The molecule has 122 valence electrons. The molecule has 5 nitrogen and oxygen atoms in total. The number of carbonyl (C=O) groups is 1. The fourth-order valence-corrected chi connectivity index (χ4v) is 3.77. The molecule has 5 atom stereocenters. The van der Waals surface area contributed by atoms with Gasteiger partial charge in [0.15, 0.2) is 5.60 Å². The van der Waals surface area contributed by atoms with E-state index in [1.807, 2.05) is 6.92 Å². The second-order valence-corrected chi connectivity index (χ2v) is 6.70. The van der Waals surface area contributed by atoms with E-state index in [1.54, 1.807) is 6.92 Å². The topological polar surface area (TPSA) is 70.0 Å². The molecule has 0 spiro atoms. The first-order chi connectivity index (χ1) is 9.91. The average molecular weight is 299 g/mol. The zero-order chi connectivity index (χ0) is 15.6. The Hall–Kier alpha value is -0.650. The maximum Gasteiger partial charge on any atom is 0.341 e. The molecular formula is C16H29NO4. The van der Waals surface area contributed by atoms with E-state index in [0.29, 0.717) is 25.0 Å². The summed E-state index contributed by atoms with van der Waals surface area (Å²) in [5.74, 6) is -0.647. The Bertz CT molecular complexity index is 373. The van der Waals surface area contributed by atoms with E-state index >= 15 is 0 Å². The van der Waals surface area contributed by atoms with Crippen LogP contribution in [0.2, 0.25) is 0 Å². The van der Waals surface area contributed by atoms with E-state index in [0.717, 1.165) is 19.5 Å². The lowest BCUT2D eigenvalue weighted by Gasteiger charge is -2.34. The first-order valence-corrected chi connectivity index (χ1v) is 8.22. The maximum atomic E-state index is 12.3. The Labute approximate surface area is 127 Å². The molecule has 2 saturated heterocycles. The standard InChI is InChI=1S/C16H29NO4/c1-4-11(2)16(20,12(3)18)15(19)21-10-13-7-9-17-8-5-6-14(13)17/h11-14,18,20H,4-10H2,1-3H3/t11-,12-,13-,14-,16-/m0/s1. The van der Waals surface area contributed by atoms with Gasteiger partial charge in [0, 0.05) is 12.0 Å². The minimum absolute atomic E-state index is 0.337. The first kappa shape index (κ1) is 16.7. The van der Waals surface area contributed by atoms with Gasteiger partial charge >= 0.3 is 5.97 Å². The number of hydrogen-bond donors (Lipinski definition) is 2. The van der Waals surface area contributed by atoms with Crippen molar-refractivity contribution < 1.29 is 19.7 Å². The van der Waals surface area contributed by atoms with Crippen LogP contribution in [0.1, 0.15) is 46.5 Å². The fourth-order valence-electron chi connectivity index (χ4n) is 3.77. The number of aliphatic hydroxyl groups is 2. The Morgan fingerprint density at radius 3 is 2.71 bits per heavy atom. The van der Waals surface area contributed by atoms with Crippen LogP contribution in [0.4, 0.5) is 0 Å². The molecule has 0 aromatic heterocycles. The van der Waals surface area contributed by atoms with E-state index in [1.165, 1.54) is 19.8 Å². The van der Waals surface area contributed by atoms with Crippen molar-refractivity contribution in [1.82, 2.24) is 4.90 Å². The molecule has 0 amide bonds. The second kappa shape index (κ2) is 6.63. The van der Waals surface area contributed by atoms with Gasteiger partial charge in [-0.05, 0) is 45.2 Å². The largest absolute Gasteiger partial charge is 0.463 e. The molecule has 2 aliphatic rings. The van der Waals surface area contributed by atoms with Gasteiger partial charge < -0.3 is 14.9 Å². The fraction of sp³-hybridized carbons (Fsp3) is 0.938. The number of rotatable bonds is 6. The highest BCUT2D eigenvalue weighted by Gasteiger charge is 2.47. The van der Waals surface area contributed by atoms with Crippen LogP contribution >= 0.6 is 0 Å². The number of aliphatic hydroxyl groups excluding tert-OH is 1. The number of ether oxygens (including phenoxy) is 1. The normalized spacial score (nSPS) is 31.5. The summed E-state index contributed by atoms with van der Waals surface area (Å²) in [7, 11) is 0. The monoisotopic (exact) mass is 299 g/mol. The zero-order valence-corrected chi connectivity index (χ0v) is 13.4. The summed E-state index contributed by atoms with van der Waals surface area (Å²) in [6.45, 7) is 7.69. The molecular weight excluding hydrogens is 270 g/mol. The molecule has 2 aliphatic heterocycles. The number of nitrogens with zero attached hydrogens (tertiary/aromatic N) is 1. The molecule has 2 fully saturated rings. The summed E-state index contributed by atoms with van der Waals surface area (Å²) >= 11 is 0. The lowest BCUT2D eigenvalue weighted by molar-refractivity contribution is -0.187. The van der Waals surface area contributed by atoms with Crippen LogP contribution in [0.5, 0.6) is 0 Å². The average Bonchev–Trinajstić information content (AvgIpc) is 3.06.